The summed E-state index contributed by atoms with van der Waals surface area (Å²) in [5.41, 5.74) is 0.300. The van der Waals surface area contributed by atoms with Gasteiger partial charge in [0.05, 0.1) is 25.4 Å². The number of nitrogens with zero attached hydrogens (tertiary/aromatic N) is 3. The highest BCUT2D eigenvalue weighted by atomic mass is 19.1. The van der Waals surface area contributed by atoms with Crippen LogP contribution in [0.4, 0.5) is 4.39 Å². The lowest BCUT2D eigenvalue weighted by atomic mass is 10.1. The number of aromatic nitrogens is 1. The molecule has 0 N–H and O–H groups in total. The molecule has 8 heteroatoms. The molecule has 2 amide bonds. The first kappa shape index (κ1) is 18.7. The standard InChI is InChI=1S/C18H24FN3O4/c1-21(2)17(23)11-25-10-12-7-14-15(8-12)26-6-5-22(14)18(24)13-3-4-20-16(19)9-13/h3-4,9,12,14-15H,5-8,10-11H2,1-2H3/t12-,14-,15+/m0/s1. The van der Waals surface area contributed by atoms with E-state index >= 15 is 0 Å². The van der Waals surface area contributed by atoms with E-state index in [2.05, 4.69) is 4.98 Å². The number of hydrogen-bond donors (Lipinski definition) is 0. The summed E-state index contributed by atoms with van der Waals surface area (Å²) in [4.78, 5) is 31.1. The third kappa shape index (κ3) is 4.19. The van der Waals surface area contributed by atoms with Crippen LogP contribution >= 0.6 is 0 Å². The zero-order valence-corrected chi connectivity index (χ0v) is 15.1. The van der Waals surface area contributed by atoms with Crippen LogP contribution in [0.15, 0.2) is 18.3 Å². The summed E-state index contributed by atoms with van der Waals surface area (Å²) in [7, 11) is 3.38. The van der Waals surface area contributed by atoms with Crippen molar-refractivity contribution in [1.82, 2.24) is 14.8 Å². The van der Waals surface area contributed by atoms with Crippen LogP contribution in [0, 0.1) is 11.9 Å². The number of rotatable bonds is 5. The van der Waals surface area contributed by atoms with Gasteiger partial charge >= 0.3 is 0 Å². The topological polar surface area (TPSA) is 72.0 Å². The van der Waals surface area contributed by atoms with E-state index in [1.807, 2.05) is 0 Å². The Balaban J connectivity index is 1.59. The number of hydrogen-bond acceptors (Lipinski definition) is 5. The van der Waals surface area contributed by atoms with E-state index in [4.69, 9.17) is 9.47 Å². The van der Waals surface area contributed by atoms with Crippen LogP contribution in [0.25, 0.3) is 0 Å². The summed E-state index contributed by atoms with van der Waals surface area (Å²) in [6, 6.07) is 2.64. The molecule has 1 aliphatic heterocycles. The van der Waals surface area contributed by atoms with Crippen LogP contribution in [0.2, 0.25) is 0 Å². The number of morpholine rings is 1. The minimum atomic E-state index is -0.663. The van der Waals surface area contributed by atoms with Crippen molar-refractivity contribution < 1.29 is 23.5 Å². The third-order valence-corrected chi connectivity index (χ3v) is 4.95. The van der Waals surface area contributed by atoms with Gasteiger partial charge in [-0.2, -0.15) is 4.39 Å². The van der Waals surface area contributed by atoms with Crippen molar-refractivity contribution in [2.45, 2.75) is 25.0 Å². The molecule has 2 aliphatic rings. The van der Waals surface area contributed by atoms with Gasteiger partial charge in [-0.25, -0.2) is 4.98 Å². The van der Waals surface area contributed by atoms with Crippen LogP contribution in [0.3, 0.4) is 0 Å². The Morgan fingerprint density at radius 2 is 2.23 bits per heavy atom. The molecule has 142 valence electrons. The van der Waals surface area contributed by atoms with Crippen molar-refractivity contribution in [1.29, 1.82) is 0 Å². The molecule has 0 unspecified atom stereocenters. The quantitative estimate of drug-likeness (QED) is 0.727. The first-order chi connectivity index (χ1) is 12.5. The molecule has 1 saturated heterocycles. The van der Waals surface area contributed by atoms with Crippen molar-refractivity contribution in [3.05, 3.63) is 29.8 Å². The summed E-state index contributed by atoms with van der Waals surface area (Å²) < 4.78 is 24.7. The number of likely N-dealkylation sites (N-methyl/N-ethyl adjacent to an activating group) is 1. The lowest BCUT2D eigenvalue weighted by molar-refractivity contribution is -0.134. The Kier molecular flexibility index (Phi) is 5.83. The molecule has 1 aromatic heterocycles. The highest BCUT2D eigenvalue weighted by Crippen LogP contribution is 2.35. The van der Waals surface area contributed by atoms with E-state index in [0.717, 1.165) is 18.9 Å². The fraction of sp³-hybridized carbons (Fsp3) is 0.611. The lowest BCUT2D eigenvalue weighted by Gasteiger charge is -2.37. The molecule has 0 bridgehead atoms. The molecule has 0 aromatic carbocycles. The average Bonchev–Trinajstić information content (AvgIpc) is 3.03. The molecular formula is C18H24FN3O4. The van der Waals surface area contributed by atoms with Gasteiger partial charge in [-0.05, 0) is 24.8 Å². The van der Waals surface area contributed by atoms with Gasteiger partial charge in [0.2, 0.25) is 11.9 Å². The molecule has 0 spiro atoms. The molecule has 3 atom stereocenters. The molecule has 2 heterocycles. The SMILES string of the molecule is CN(C)C(=O)COC[C@@H]1C[C@H]2OCCN(C(=O)c3ccnc(F)c3)[C@H]2C1. The Hall–Kier alpha value is -2.06. The van der Waals surface area contributed by atoms with Crippen LogP contribution in [0.1, 0.15) is 23.2 Å². The zero-order chi connectivity index (χ0) is 18.7. The molecule has 0 radical (unpaired) electrons. The highest BCUT2D eigenvalue weighted by molar-refractivity contribution is 5.94. The van der Waals surface area contributed by atoms with Gasteiger partial charge in [0.1, 0.15) is 6.61 Å². The van der Waals surface area contributed by atoms with Crippen molar-refractivity contribution in [2.75, 3.05) is 40.5 Å². The Morgan fingerprint density at radius 3 is 2.96 bits per heavy atom. The number of fused-ring (bicyclic) bond motifs is 1. The minimum absolute atomic E-state index is 0.0439. The smallest absolute Gasteiger partial charge is 0.254 e. The Morgan fingerprint density at radius 1 is 1.42 bits per heavy atom. The van der Waals surface area contributed by atoms with E-state index in [-0.39, 0.29) is 36.5 Å². The molecule has 7 nitrogen and oxygen atoms in total. The highest BCUT2D eigenvalue weighted by Gasteiger charge is 2.43. The number of halogens is 1. The van der Waals surface area contributed by atoms with Gasteiger partial charge in [0.15, 0.2) is 0 Å². The van der Waals surface area contributed by atoms with Crippen molar-refractivity contribution in [3.8, 4) is 0 Å². The Labute approximate surface area is 152 Å². The third-order valence-electron chi connectivity index (χ3n) is 4.95. The van der Waals surface area contributed by atoms with E-state index in [9.17, 15) is 14.0 Å². The zero-order valence-electron chi connectivity index (χ0n) is 15.1. The van der Waals surface area contributed by atoms with Crippen molar-refractivity contribution in [3.63, 3.8) is 0 Å². The van der Waals surface area contributed by atoms with Crippen LogP contribution < -0.4 is 0 Å². The number of amides is 2. The van der Waals surface area contributed by atoms with Gasteiger partial charge in [-0.15, -0.1) is 0 Å². The molecule has 3 rings (SSSR count). The van der Waals surface area contributed by atoms with E-state index in [0.29, 0.717) is 25.3 Å². The molecule has 1 aliphatic carbocycles. The summed E-state index contributed by atoms with van der Waals surface area (Å²) in [5, 5.41) is 0. The van der Waals surface area contributed by atoms with Crippen LogP contribution in [-0.2, 0) is 14.3 Å². The second kappa shape index (κ2) is 8.09. The fourth-order valence-corrected chi connectivity index (χ4v) is 3.58. The summed E-state index contributed by atoms with van der Waals surface area (Å²) in [6.07, 6.45) is 2.79. The number of ether oxygens (including phenoxy) is 2. The average molecular weight is 365 g/mol. The number of pyridine rings is 1. The van der Waals surface area contributed by atoms with Gasteiger partial charge in [-0.3, -0.25) is 9.59 Å². The predicted octanol–water partition coefficient (Wildman–Crippen LogP) is 0.945. The summed E-state index contributed by atoms with van der Waals surface area (Å²) in [5.74, 6) is -0.714. The lowest BCUT2D eigenvalue weighted by Crippen LogP contribution is -2.51. The van der Waals surface area contributed by atoms with Gasteiger partial charge in [0.25, 0.3) is 5.91 Å². The van der Waals surface area contributed by atoms with Gasteiger partial charge in [-0.1, -0.05) is 0 Å². The van der Waals surface area contributed by atoms with Gasteiger partial charge < -0.3 is 19.3 Å². The summed E-state index contributed by atoms with van der Waals surface area (Å²) in [6.45, 7) is 1.46. The second-order valence-electron chi connectivity index (χ2n) is 6.98. The molecule has 1 aromatic rings. The monoisotopic (exact) mass is 365 g/mol. The second-order valence-corrected chi connectivity index (χ2v) is 6.98. The Bertz CT molecular complexity index is 670. The molecular weight excluding hydrogens is 341 g/mol. The maximum absolute atomic E-state index is 13.3. The predicted molar refractivity (Wildman–Crippen MR) is 91.0 cm³/mol. The first-order valence-corrected chi connectivity index (χ1v) is 8.77. The van der Waals surface area contributed by atoms with Crippen molar-refractivity contribution >= 4 is 11.8 Å². The molecule has 2 fully saturated rings. The van der Waals surface area contributed by atoms with E-state index in [1.165, 1.54) is 17.2 Å². The minimum Gasteiger partial charge on any atom is -0.374 e. The maximum atomic E-state index is 13.3. The van der Waals surface area contributed by atoms with Crippen LogP contribution in [-0.4, -0.2) is 79.2 Å². The largest absolute Gasteiger partial charge is 0.374 e. The molecule has 1 saturated carbocycles. The van der Waals surface area contributed by atoms with E-state index < -0.39 is 5.95 Å². The van der Waals surface area contributed by atoms with Gasteiger partial charge in [0, 0.05) is 38.5 Å². The molecule has 26 heavy (non-hydrogen) atoms. The first-order valence-electron chi connectivity index (χ1n) is 8.77. The fourth-order valence-electron chi connectivity index (χ4n) is 3.58. The normalized spacial score (nSPS) is 25.0. The van der Waals surface area contributed by atoms with Crippen LogP contribution in [0.5, 0.6) is 0 Å². The summed E-state index contributed by atoms with van der Waals surface area (Å²) >= 11 is 0. The maximum Gasteiger partial charge on any atom is 0.254 e. The van der Waals surface area contributed by atoms with E-state index in [1.54, 1.807) is 19.0 Å². The van der Waals surface area contributed by atoms with Crippen molar-refractivity contribution in [2.24, 2.45) is 5.92 Å². The number of carbonyl (C=O) groups excluding carboxylic acids is 2. The number of carbonyl (C=O) groups is 2.